The minimum Gasteiger partial charge on any atom is -0.490 e. The van der Waals surface area contributed by atoms with E-state index in [4.69, 9.17) is 21.6 Å². The minimum absolute atomic E-state index is 0.0241. The fourth-order valence-electron chi connectivity index (χ4n) is 8.69. The molecule has 13 nitrogen and oxygen atoms in total. The molecule has 0 bridgehead atoms. The molecule has 0 spiro atoms. The summed E-state index contributed by atoms with van der Waals surface area (Å²) in [4.78, 5) is 43.5. The predicted octanol–water partition coefficient (Wildman–Crippen LogP) is 6.22. The zero-order valence-electron chi connectivity index (χ0n) is 31.1. The second-order valence-electron chi connectivity index (χ2n) is 15.4. The van der Waals surface area contributed by atoms with E-state index in [9.17, 15) is 18.8 Å². The zero-order valence-corrected chi connectivity index (χ0v) is 31.9. The normalized spacial score (nSPS) is 21.5. The molecule has 15 heteroatoms. The first kappa shape index (κ1) is 37.7. The third-order valence-electron chi connectivity index (χ3n) is 11.8. The number of halogens is 2. The highest BCUT2D eigenvalue weighted by Crippen LogP contribution is 2.35. The lowest BCUT2D eigenvalue weighted by atomic mass is 9.92. The van der Waals surface area contributed by atoms with Crippen LogP contribution in [0.25, 0.3) is 10.9 Å². The molecular formula is C41H45ClFN9O4. The Kier molecular flexibility index (Phi) is 11.1. The maximum absolute atomic E-state index is 14.9. The Morgan fingerprint density at radius 2 is 1.73 bits per heavy atom. The fourth-order valence-corrected chi connectivity index (χ4v) is 8.90. The van der Waals surface area contributed by atoms with Crippen LogP contribution in [-0.2, 0) is 4.79 Å². The van der Waals surface area contributed by atoms with Gasteiger partial charge in [0.05, 0.1) is 27.9 Å². The molecule has 0 unspecified atom stereocenters. The first-order chi connectivity index (χ1) is 27.2. The van der Waals surface area contributed by atoms with Gasteiger partial charge >= 0.3 is 6.03 Å². The number of fused-ring (bicyclic) bond motifs is 1. The van der Waals surface area contributed by atoms with Crippen LogP contribution in [0.15, 0.2) is 54.7 Å². The Hall–Kier alpha value is -5.26. The van der Waals surface area contributed by atoms with Gasteiger partial charge in [-0.05, 0) is 99.7 Å². The number of nitrogens with one attached hydrogen (secondary N) is 2. The van der Waals surface area contributed by atoms with Gasteiger partial charge in [0.25, 0.3) is 5.91 Å². The van der Waals surface area contributed by atoms with E-state index < -0.39 is 11.8 Å². The number of hydrogen-bond acceptors (Lipinski definition) is 9. The molecule has 4 aliphatic rings. The van der Waals surface area contributed by atoms with Crippen LogP contribution in [0, 0.1) is 23.1 Å². The second-order valence-corrected chi connectivity index (χ2v) is 15.8. The van der Waals surface area contributed by atoms with Gasteiger partial charge in [0.15, 0.2) is 11.5 Å². The monoisotopic (exact) mass is 781 g/mol. The van der Waals surface area contributed by atoms with Crippen LogP contribution in [0.5, 0.6) is 5.75 Å². The predicted molar refractivity (Wildman–Crippen MR) is 209 cm³/mol. The van der Waals surface area contributed by atoms with Gasteiger partial charge in [-0.1, -0.05) is 11.6 Å². The number of carbonyl (C=O) groups excluding carboxylic acids is 3. The number of piperidine rings is 2. The average Bonchev–Trinajstić information content (AvgIpc) is 3.63. The van der Waals surface area contributed by atoms with Gasteiger partial charge in [-0.25, -0.2) is 9.18 Å². The van der Waals surface area contributed by atoms with E-state index in [1.54, 1.807) is 30.3 Å². The highest BCUT2D eigenvalue weighted by Gasteiger charge is 2.30. The SMILES string of the molecule is N#Cc1ccc(O[C@H]2CC[C@H](NC(=O)c3ccc(N4CCC(CN5CCC(n6ccc7c(N8CCC(=O)NC8=O)cc(F)cc76)CC5)CC4)nn3)CC2)cc1Cl. The van der Waals surface area contributed by atoms with Crippen LogP contribution in [-0.4, -0.2) is 88.9 Å². The number of nitrogens with zero attached hydrogens (tertiary/aromatic N) is 7. The lowest BCUT2D eigenvalue weighted by Crippen LogP contribution is -2.49. The number of carbonyl (C=O) groups is 3. The molecular weight excluding hydrogens is 737 g/mol. The molecule has 1 aliphatic carbocycles. The molecule has 2 N–H and O–H groups in total. The third-order valence-corrected chi connectivity index (χ3v) is 12.1. The summed E-state index contributed by atoms with van der Waals surface area (Å²) >= 11 is 6.15. The van der Waals surface area contributed by atoms with Gasteiger partial charge in [0.1, 0.15) is 17.6 Å². The maximum atomic E-state index is 14.9. The summed E-state index contributed by atoms with van der Waals surface area (Å²) in [6.07, 6.45) is 9.38. The third kappa shape index (κ3) is 8.29. The van der Waals surface area contributed by atoms with Gasteiger partial charge < -0.3 is 24.4 Å². The van der Waals surface area contributed by atoms with E-state index >= 15 is 0 Å². The van der Waals surface area contributed by atoms with E-state index in [1.165, 1.54) is 11.0 Å². The zero-order chi connectivity index (χ0) is 38.8. The number of amides is 4. The number of aromatic nitrogens is 3. The molecule has 2 aromatic carbocycles. The quantitative estimate of drug-likeness (QED) is 0.202. The molecule has 2 aromatic heterocycles. The Morgan fingerprint density at radius 3 is 2.43 bits per heavy atom. The lowest BCUT2D eigenvalue weighted by molar-refractivity contribution is -0.120. The summed E-state index contributed by atoms with van der Waals surface area (Å²) in [6, 6.07) is 15.4. The van der Waals surface area contributed by atoms with Crippen molar-refractivity contribution in [3.8, 4) is 11.8 Å². The number of benzene rings is 2. The van der Waals surface area contributed by atoms with Crippen LogP contribution in [0.1, 0.15) is 79.9 Å². The van der Waals surface area contributed by atoms with Crippen molar-refractivity contribution >= 4 is 51.9 Å². The van der Waals surface area contributed by atoms with Crippen molar-refractivity contribution in [3.63, 3.8) is 0 Å². The molecule has 8 rings (SSSR count). The first-order valence-corrected chi connectivity index (χ1v) is 20.0. The molecule has 1 saturated carbocycles. The molecule has 3 aliphatic heterocycles. The summed E-state index contributed by atoms with van der Waals surface area (Å²) in [7, 11) is 0. The molecule has 4 aromatic rings. The van der Waals surface area contributed by atoms with Crippen molar-refractivity contribution in [3.05, 3.63) is 76.8 Å². The van der Waals surface area contributed by atoms with Crippen molar-refractivity contribution in [2.24, 2.45) is 5.92 Å². The van der Waals surface area contributed by atoms with Gasteiger partial charge in [-0.15, -0.1) is 10.2 Å². The Labute approximate surface area is 329 Å². The Balaban J connectivity index is 0.768. The molecule has 0 atom stereocenters. The van der Waals surface area contributed by atoms with Gasteiger partial charge in [0, 0.05) is 75.4 Å². The molecule has 4 fully saturated rings. The maximum Gasteiger partial charge on any atom is 0.328 e. The fraction of sp³-hybridized carbons (Fsp3) is 0.463. The van der Waals surface area contributed by atoms with Gasteiger partial charge in [-0.3, -0.25) is 19.8 Å². The van der Waals surface area contributed by atoms with Crippen LogP contribution in [0.4, 0.5) is 20.7 Å². The Morgan fingerprint density at radius 1 is 0.946 bits per heavy atom. The van der Waals surface area contributed by atoms with Crippen LogP contribution in [0.2, 0.25) is 5.02 Å². The average molecular weight is 782 g/mol. The molecule has 5 heterocycles. The number of imide groups is 1. The standard InChI is InChI=1S/C41H45ClFN9O4/c42-34-23-32(4-1-27(34)24-44)56-31-5-2-29(3-6-31)45-40(54)35-7-8-38(48-47-35)50-17-9-26(10-18-50)25-49-15-11-30(12-16-49)51-19-13-33-36(51)21-28(43)22-37(33)52-20-14-39(53)46-41(52)55/h1,4,7-8,13,19,21-23,26,29-31H,2-3,5-6,9-12,14-18,20,25H2,(H,45,54)(H,46,53,55)/t29-,31-. The van der Waals surface area contributed by atoms with E-state index in [0.29, 0.717) is 33.6 Å². The molecule has 3 saturated heterocycles. The number of urea groups is 1. The van der Waals surface area contributed by atoms with E-state index in [0.717, 1.165) is 101 Å². The Bertz CT molecular complexity index is 2130. The van der Waals surface area contributed by atoms with Crippen LogP contribution in [0.3, 0.4) is 0 Å². The van der Waals surface area contributed by atoms with Gasteiger partial charge in [0.2, 0.25) is 5.91 Å². The van der Waals surface area contributed by atoms with Crippen molar-refractivity contribution in [2.75, 3.05) is 49.1 Å². The number of nitriles is 1. The molecule has 0 radical (unpaired) electrons. The molecule has 56 heavy (non-hydrogen) atoms. The highest BCUT2D eigenvalue weighted by molar-refractivity contribution is 6.31. The van der Waals surface area contributed by atoms with Gasteiger partial charge in [-0.2, -0.15) is 5.26 Å². The van der Waals surface area contributed by atoms with Crippen LogP contribution < -0.4 is 25.2 Å². The van der Waals surface area contributed by atoms with Crippen LogP contribution >= 0.6 is 11.6 Å². The minimum atomic E-state index is -0.516. The largest absolute Gasteiger partial charge is 0.490 e. The van der Waals surface area contributed by atoms with E-state index in [-0.39, 0.29) is 43.0 Å². The van der Waals surface area contributed by atoms with Crippen molar-refractivity contribution in [1.29, 1.82) is 5.26 Å². The van der Waals surface area contributed by atoms with E-state index in [2.05, 4.69) is 41.3 Å². The number of hydrogen-bond donors (Lipinski definition) is 2. The number of ether oxygens (including phenoxy) is 1. The van der Waals surface area contributed by atoms with Crippen molar-refractivity contribution in [2.45, 2.75) is 76.0 Å². The lowest BCUT2D eigenvalue weighted by Gasteiger charge is -2.38. The summed E-state index contributed by atoms with van der Waals surface area (Å²) in [6.45, 7) is 4.95. The number of anilines is 2. The van der Waals surface area contributed by atoms with Crippen molar-refractivity contribution < 1.29 is 23.5 Å². The summed E-state index contributed by atoms with van der Waals surface area (Å²) < 4.78 is 23.1. The number of rotatable bonds is 9. The second kappa shape index (κ2) is 16.5. The highest BCUT2D eigenvalue weighted by atomic mass is 35.5. The van der Waals surface area contributed by atoms with Crippen molar-refractivity contribution in [1.82, 2.24) is 30.3 Å². The smallest absolute Gasteiger partial charge is 0.328 e. The first-order valence-electron chi connectivity index (χ1n) is 19.6. The summed E-state index contributed by atoms with van der Waals surface area (Å²) in [5.41, 5.74) is 1.99. The number of likely N-dealkylation sites (tertiary alicyclic amines) is 1. The van der Waals surface area contributed by atoms with E-state index in [1.807, 2.05) is 18.3 Å². The topological polar surface area (TPSA) is 149 Å². The molecule has 292 valence electrons. The summed E-state index contributed by atoms with van der Waals surface area (Å²) in [5.74, 6) is 1.07. The molecule has 4 amide bonds. The summed E-state index contributed by atoms with van der Waals surface area (Å²) in [5, 5.41) is 24.4.